The van der Waals surface area contributed by atoms with Crippen molar-refractivity contribution in [3.63, 3.8) is 0 Å². The number of pyridine rings is 1. The molecule has 1 unspecified atom stereocenters. The lowest BCUT2D eigenvalue weighted by Crippen LogP contribution is -2.49. The predicted molar refractivity (Wildman–Crippen MR) is 122 cm³/mol. The Morgan fingerprint density at radius 2 is 1.91 bits per heavy atom. The molecule has 2 saturated heterocycles. The van der Waals surface area contributed by atoms with Crippen LogP contribution in [-0.2, 0) is 11.0 Å². The zero-order valence-electron chi connectivity index (χ0n) is 19.5. The van der Waals surface area contributed by atoms with Gasteiger partial charge in [0.05, 0.1) is 28.7 Å². The number of aromatic nitrogens is 1. The molecule has 1 N–H and O–H groups in total. The summed E-state index contributed by atoms with van der Waals surface area (Å²) >= 11 is 0. The fourth-order valence-electron chi connectivity index (χ4n) is 5.28. The van der Waals surface area contributed by atoms with Crippen LogP contribution < -0.4 is 10.2 Å². The Balaban J connectivity index is 1.57. The zero-order chi connectivity index (χ0) is 25.4. The van der Waals surface area contributed by atoms with Gasteiger partial charge >= 0.3 is 6.18 Å². The summed E-state index contributed by atoms with van der Waals surface area (Å²) in [5.41, 5.74) is -0.178. The Hall–Kier alpha value is -3.61. The second kappa shape index (κ2) is 9.21. The minimum Gasteiger partial charge on any atom is -0.370 e. The molecule has 0 saturated carbocycles. The molecule has 2 aliphatic rings. The molecule has 2 amide bonds. The maximum atomic E-state index is 13.5. The molecule has 1 aromatic carbocycles. The molecular weight excluding hydrogens is 459 g/mol. The van der Waals surface area contributed by atoms with Crippen molar-refractivity contribution in [1.29, 1.82) is 5.26 Å². The smallest absolute Gasteiger partial charge is 0.370 e. The van der Waals surface area contributed by atoms with E-state index in [1.54, 1.807) is 35.2 Å². The number of halogens is 3. The second-order valence-corrected chi connectivity index (χ2v) is 9.29. The Labute approximate surface area is 201 Å². The largest absolute Gasteiger partial charge is 0.417 e. The van der Waals surface area contributed by atoms with E-state index in [1.807, 2.05) is 6.92 Å². The van der Waals surface area contributed by atoms with Gasteiger partial charge < -0.3 is 15.1 Å². The van der Waals surface area contributed by atoms with Gasteiger partial charge in [-0.05, 0) is 49.6 Å². The number of hydrogen-bond acceptors (Lipinski definition) is 5. The number of nitriles is 1. The summed E-state index contributed by atoms with van der Waals surface area (Å²) in [6.45, 7) is 3.40. The van der Waals surface area contributed by atoms with Crippen molar-refractivity contribution in [2.24, 2.45) is 11.3 Å². The number of likely N-dealkylation sites (tertiary alicyclic amines) is 1. The van der Waals surface area contributed by atoms with Crippen LogP contribution in [0.25, 0.3) is 0 Å². The van der Waals surface area contributed by atoms with Crippen molar-refractivity contribution < 1.29 is 22.8 Å². The number of piperidine rings is 1. The molecule has 0 radical (unpaired) electrons. The van der Waals surface area contributed by atoms with Crippen LogP contribution in [0.1, 0.15) is 39.9 Å². The van der Waals surface area contributed by atoms with Gasteiger partial charge in [-0.1, -0.05) is 0 Å². The number of nitrogens with zero attached hydrogens (tertiary/aromatic N) is 4. The summed E-state index contributed by atoms with van der Waals surface area (Å²) < 4.78 is 40.6. The summed E-state index contributed by atoms with van der Waals surface area (Å²) in [5.74, 6) is -0.723. The van der Waals surface area contributed by atoms with Crippen LogP contribution in [0.3, 0.4) is 0 Å². The van der Waals surface area contributed by atoms with Gasteiger partial charge in [-0.15, -0.1) is 0 Å². The topological polar surface area (TPSA) is 89.3 Å². The van der Waals surface area contributed by atoms with Crippen LogP contribution in [0.5, 0.6) is 0 Å². The van der Waals surface area contributed by atoms with Gasteiger partial charge in [0, 0.05) is 56.7 Å². The summed E-state index contributed by atoms with van der Waals surface area (Å²) in [6, 6.07) is 7.05. The summed E-state index contributed by atoms with van der Waals surface area (Å²) in [6.07, 6.45) is -0.344. The first-order valence-electron chi connectivity index (χ1n) is 11.4. The van der Waals surface area contributed by atoms with E-state index < -0.39 is 28.6 Å². The normalized spacial score (nSPS) is 19.5. The zero-order valence-corrected chi connectivity index (χ0v) is 19.5. The van der Waals surface area contributed by atoms with Gasteiger partial charge in [0.2, 0.25) is 5.91 Å². The summed E-state index contributed by atoms with van der Waals surface area (Å²) in [5, 5.41) is 11.8. The van der Waals surface area contributed by atoms with E-state index >= 15 is 0 Å². The maximum absolute atomic E-state index is 13.5. The Kier molecular flexibility index (Phi) is 6.45. The van der Waals surface area contributed by atoms with Crippen LogP contribution in [0.4, 0.5) is 18.9 Å². The van der Waals surface area contributed by atoms with Crippen LogP contribution in [0, 0.1) is 29.6 Å². The number of aryl methyl sites for hydroxylation is 1. The molecule has 35 heavy (non-hydrogen) atoms. The van der Waals surface area contributed by atoms with Crippen molar-refractivity contribution in [1.82, 2.24) is 15.2 Å². The van der Waals surface area contributed by atoms with Crippen molar-refractivity contribution in [2.45, 2.75) is 25.9 Å². The van der Waals surface area contributed by atoms with Gasteiger partial charge in [-0.3, -0.25) is 14.6 Å². The number of rotatable bonds is 3. The number of hydrogen-bond donors (Lipinski definition) is 1. The number of carbonyl (C=O) groups is 2. The van der Waals surface area contributed by atoms with E-state index in [4.69, 9.17) is 5.26 Å². The van der Waals surface area contributed by atoms with Gasteiger partial charge in [0.15, 0.2) is 0 Å². The second-order valence-electron chi connectivity index (χ2n) is 9.29. The highest BCUT2D eigenvalue weighted by Crippen LogP contribution is 2.47. The van der Waals surface area contributed by atoms with Gasteiger partial charge in [-0.2, -0.15) is 18.4 Å². The molecule has 1 aromatic heterocycles. The minimum absolute atomic E-state index is 0.121. The monoisotopic (exact) mass is 485 g/mol. The number of carbonyl (C=O) groups excluding carboxylic acids is 2. The first kappa shape index (κ1) is 24.5. The molecule has 4 rings (SSSR count). The Bertz CT molecular complexity index is 1180. The first-order valence-corrected chi connectivity index (χ1v) is 11.4. The fourth-order valence-corrected chi connectivity index (χ4v) is 5.28. The van der Waals surface area contributed by atoms with E-state index in [2.05, 4.69) is 10.3 Å². The fraction of sp³-hybridized carbons (Fsp3) is 0.440. The number of amides is 2. The standard InChI is InChI=1S/C25H26F3N5O2/c1-16-9-18(13-31-12-16)23(35)32-7-5-24(6-8-32)15-33(14-21(24)22(34)30-2)19-4-3-17(11-29)20(10-19)25(26,27)28/h3-4,9-10,12-13,21H,5-8,14-15H2,1-2H3,(H,30,34). The molecule has 184 valence electrons. The molecular formula is C25H26F3N5O2. The third kappa shape index (κ3) is 4.67. The molecule has 1 atom stereocenters. The van der Waals surface area contributed by atoms with Crippen molar-refractivity contribution in [3.8, 4) is 6.07 Å². The van der Waals surface area contributed by atoms with E-state index in [0.29, 0.717) is 43.7 Å². The third-order valence-corrected chi connectivity index (χ3v) is 7.17. The highest BCUT2D eigenvalue weighted by molar-refractivity contribution is 5.94. The molecule has 3 heterocycles. The van der Waals surface area contributed by atoms with Gasteiger partial charge in [-0.25, -0.2) is 0 Å². The molecule has 2 aromatic rings. The Morgan fingerprint density at radius 3 is 2.51 bits per heavy atom. The molecule has 10 heteroatoms. The van der Waals surface area contributed by atoms with E-state index in [-0.39, 0.29) is 18.4 Å². The third-order valence-electron chi connectivity index (χ3n) is 7.17. The summed E-state index contributed by atoms with van der Waals surface area (Å²) in [4.78, 5) is 33.4. The number of alkyl halides is 3. The molecule has 7 nitrogen and oxygen atoms in total. The van der Waals surface area contributed by atoms with Crippen molar-refractivity contribution >= 4 is 17.5 Å². The lowest BCUT2D eigenvalue weighted by Gasteiger charge is -2.42. The molecule has 0 bridgehead atoms. The molecule has 2 aliphatic heterocycles. The van der Waals surface area contributed by atoms with Crippen molar-refractivity contribution in [2.75, 3.05) is 38.1 Å². The molecule has 0 aliphatic carbocycles. The van der Waals surface area contributed by atoms with Crippen LogP contribution in [-0.4, -0.2) is 54.9 Å². The minimum atomic E-state index is -4.66. The van der Waals surface area contributed by atoms with Crippen LogP contribution >= 0.6 is 0 Å². The average molecular weight is 486 g/mol. The molecule has 2 fully saturated rings. The van der Waals surface area contributed by atoms with Gasteiger partial charge in [0.25, 0.3) is 5.91 Å². The van der Waals surface area contributed by atoms with Gasteiger partial charge in [0.1, 0.15) is 0 Å². The highest BCUT2D eigenvalue weighted by atomic mass is 19.4. The quantitative estimate of drug-likeness (QED) is 0.720. The van der Waals surface area contributed by atoms with E-state index in [1.165, 1.54) is 18.3 Å². The predicted octanol–water partition coefficient (Wildman–Crippen LogP) is 3.39. The maximum Gasteiger partial charge on any atom is 0.417 e. The lowest BCUT2D eigenvalue weighted by atomic mass is 9.70. The number of benzene rings is 1. The summed E-state index contributed by atoms with van der Waals surface area (Å²) in [7, 11) is 1.55. The Morgan fingerprint density at radius 1 is 1.20 bits per heavy atom. The SMILES string of the molecule is CNC(=O)C1CN(c2ccc(C#N)c(C(F)(F)F)c2)CC12CCN(C(=O)c1cncc(C)c1)CC2. The van der Waals surface area contributed by atoms with E-state index in [9.17, 15) is 22.8 Å². The number of anilines is 1. The lowest BCUT2D eigenvalue weighted by molar-refractivity contribution is -0.137. The van der Waals surface area contributed by atoms with E-state index in [0.717, 1.165) is 11.6 Å². The highest BCUT2D eigenvalue weighted by Gasteiger charge is 2.51. The van der Waals surface area contributed by atoms with Crippen molar-refractivity contribution in [3.05, 3.63) is 58.9 Å². The van der Waals surface area contributed by atoms with Crippen LogP contribution in [0.2, 0.25) is 0 Å². The molecule has 1 spiro atoms. The number of nitrogens with one attached hydrogen (secondary N) is 1. The van der Waals surface area contributed by atoms with Crippen LogP contribution in [0.15, 0.2) is 36.7 Å². The average Bonchev–Trinajstić information content (AvgIpc) is 3.21. The first-order chi connectivity index (χ1) is 16.6.